The molecule has 5 rings (SSSR count). The molecule has 32 heavy (non-hydrogen) atoms. The summed E-state index contributed by atoms with van der Waals surface area (Å²) in [6, 6.07) is 14.7. The molecule has 2 aliphatic rings. The Bertz CT molecular complexity index is 1140. The predicted molar refractivity (Wildman–Crippen MR) is 127 cm³/mol. The molecular weight excluding hydrogens is 402 g/mol. The van der Waals surface area contributed by atoms with E-state index in [2.05, 4.69) is 39.9 Å². The molecule has 0 spiro atoms. The molecule has 0 saturated carbocycles. The number of nitrogens with zero attached hydrogens (tertiary/aromatic N) is 2. The summed E-state index contributed by atoms with van der Waals surface area (Å²) in [4.78, 5) is 17.2. The lowest BCUT2D eigenvalue weighted by atomic mass is 9.95. The summed E-state index contributed by atoms with van der Waals surface area (Å²) in [5.74, 6) is 0.769. The standard InChI is InChI=1S/C26H31N3O3/c27-25(8-5-18-9-13-31-14-10-18)28-26(30)19-6-7-22-21-3-1-2-4-23(21)29(24(22)17-19)20-11-15-32-16-12-20/h1-4,6-7,17-18,20H,5,8-16H2,(H2,27,28,30). The Kier molecular flexibility index (Phi) is 6.23. The quantitative estimate of drug-likeness (QED) is 0.461. The van der Waals surface area contributed by atoms with Gasteiger partial charge < -0.3 is 19.8 Å². The summed E-state index contributed by atoms with van der Waals surface area (Å²) in [5.41, 5.74) is 9.00. The van der Waals surface area contributed by atoms with Gasteiger partial charge in [-0.25, -0.2) is 0 Å². The minimum absolute atomic E-state index is 0.264. The van der Waals surface area contributed by atoms with Gasteiger partial charge in [-0.2, -0.15) is 4.99 Å². The van der Waals surface area contributed by atoms with Gasteiger partial charge in [0.15, 0.2) is 0 Å². The highest BCUT2D eigenvalue weighted by Gasteiger charge is 2.22. The SMILES string of the molecule is NC(CCC1CCOCC1)=NC(=O)c1ccc2c3ccccc3n(C3CCOCC3)c2c1. The number of rotatable bonds is 5. The molecule has 168 valence electrons. The van der Waals surface area contributed by atoms with Crippen LogP contribution in [0.5, 0.6) is 0 Å². The van der Waals surface area contributed by atoms with E-state index in [1.54, 1.807) is 0 Å². The number of para-hydroxylation sites is 1. The third-order valence-corrected chi connectivity index (χ3v) is 6.91. The van der Waals surface area contributed by atoms with Crippen LogP contribution in [0.25, 0.3) is 21.8 Å². The van der Waals surface area contributed by atoms with Crippen molar-refractivity contribution >= 4 is 33.5 Å². The van der Waals surface area contributed by atoms with Gasteiger partial charge in [0.2, 0.25) is 0 Å². The number of aliphatic imine (C=N–C) groups is 1. The molecule has 6 nitrogen and oxygen atoms in total. The first-order valence-electron chi connectivity index (χ1n) is 11.8. The second-order valence-electron chi connectivity index (χ2n) is 8.97. The Morgan fingerprint density at radius 3 is 2.41 bits per heavy atom. The number of nitrogens with two attached hydrogens (primary N) is 1. The molecule has 2 aromatic carbocycles. The minimum atomic E-state index is -0.264. The van der Waals surface area contributed by atoms with E-state index in [0.29, 0.717) is 29.8 Å². The summed E-state index contributed by atoms with van der Waals surface area (Å²) in [7, 11) is 0. The van der Waals surface area contributed by atoms with Crippen LogP contribution in [0.4, 0.5) is 0 Å². The van der Waals surface area contributed by atoms with Crippen molar-refractivity contribution in [3.63, 3.8) is 0 Å². The first-order valence-corrected chi connectivity index (χ1v) is 11.8. The van der Waals surface area contributed by atoms with Crippen LogP contribution in [0.15, 0.2) is 47.5 Å². The summed E-state index contributed by atoms with van der Waals surface area (Å²) in [6.07, 6.45) is 5.69. The van der Waals surface area contributed by atoms with Crippen molar-refractivity contribution in [3.05, 3.63) is 48.0 Å². The molecular formula is C26H31N3O3. The van der Waals surface area contributed by atoms with E-state index in [9.17, 15) is 4.79 Å². The molecule has 1 amide bonds. The van der Waals surface area contributed by atoms with Crippen molar-refractivity contribution in [3.8, 4) is 0 Å². The van der Waals surface area contributed by atoms with Gasteiger partial charge in [0.25, 0.3) is 5.91 Å². The second kappa shape index (κ2) is 9.43. The van der Waals surface area contributed by atoms with Crippen LogP contribution in [-0.4, -0.2) is 42.7 Å². The number of carbonyl (C=O) groups excluding carboxylic acids is 1. The first kappa shape index (κ1) is 21.2. The van der Waals surface area contributed by atoms with E-state index < -0.39 is 0 Å². The highest BCUT2D eigenvalue weighted by Crippen LogP contribution is 2.35. The van der Waals surface area contributed by atoms with Gasteiger partial charge in [-0.3, -0.25) is 4.79 Å². The van der Waals surface area contributed by atoms with Crippen LogP contribution >= 0.6 is 0 Å². The predicted octanol–water partition coefficient (Wildman–Crippen LogP) is 4.85. The fourth-order valence-electron chi connectivity index (χ4n) is 5.11. The largest absolute Gasteiger partial charge is 0.387 e. The average molecular weight is 434 g/mol. The normalized spacial score (nSPS) is 19.1. The average Bonchev–Trinajstić information content (AvgIpc) is 3.17. The lowest BCUT2D eigenvalue weighted by Crippen LogP contribution is -2.20. The third-order valence-electron chi connectivity index (χ3n) is 6.91. The van der Waals surface area contributed by atoms with E-state index in [-0.39, 0.29) is 5.91 Å². The smallest absolute Gasteiger partial charge is 0.278 e. The van der Waals surface area contributed by atoms with Crippen LogP contribution in [-0.2, 0) is 9.47 Å². The number of amidine groups is 1. The number of hydrogen-bond donors (Lipinski definition) is 1. The summed E-state index contributed by atoms with van der Waals surface area (Å²) >= 11 is 0. The Labute approximate surface area is 188 Å². The molecule has 0 unspecified atom stereocenters. The molecule has 6 heteroatoms. The van der Waals surface area contributed by atoms with E-state index >= 15 is 0 Å². The highest BCUT2D eigenvalue weighted by atomic mass is 16.5. The van der Waals surface area contributed by atoms with Gasteiger partial charge in [-0.1, -0.05) is 24.3 Å². The van der Waals surface area contributed by atoms with Gasteiger partial charge in [0, 0.05) is 60.7 Å². The molecule has 2 saturated heterocycles. The monoisotopic (exact) mass is 433 g/mol. The van der Waals surface area contributed by atoms with Crippen molar-refractivity contribution in [2.75, 3.05) is 26.4 Å². The maximum absolute atomic E-state index is 12.9. The molecule has 0 aliphatic carbocycles. The maximum Gasteiger partial charge on any atom is 0.278 e. The van der Waals surface area contributed by atoms with Gasteiger partial charge in [-0.05, 0) is 56.2 Å². The molecule has 0 atom stereocenters. The number of aromatic nitrogens is 1. The molecule has 2 aliphatic heterocycles. The van der Waals surface area contributed by atoms with Crippen LogP contribution in [0.3, 0.4) is 0 Å². The third kappa shape index (κ3) is 4.30. The summed E-state index contributed by atoms with van der Waals surface area (Å²) in [5, 5.41) is 2.38. The number of carbonyl (C=O) groups is 1. The van der Waals surface area contributed by atoms with Crippen LogP contribution in [0.2, 0.25) is 0 Å². The Morgan fingerprint density at radius 1 is 0.938 bits per heavy atom. The highest BCUT2D eigenvalue weighted by molar-refractivity contribution is 6.11. The van der Waals surface area contributed by atoms with Gasteiger partial charge in [-0.15, -0.1) is 0 Å². The molecule has 1 aromatic heterocycles. The number of hydrogen-bond acceptors (Lipinski definition) is 3. The van der Waals surface area contributed by atoms with Crippen molar-refractivity contribution in [1.29, 1.82) is 0 Å². The second-order valence-corrected chi connectivity index (χ2v) is 8.97. The fraction of sp³-hybridized carbons (Fsp3) is 0.462. The lowest BCUT2D eigenvalue weighted by Gasteiger charge is -2.25. The zero-order chi connectivity index (χ0) is 21.9. The van der Waals surface area contributed by atoms with E-state index in [0.717, 1.165) is 64.0 Å². The van der Waals surface area contributed by atoms with Crippen LogP contribution in [0.1, 0.15) is 54.9 Å². The van der Waals surface area contributed by atoms with Gasteiger partial charge in [0.1, 0.15) is 5.84 Å². The summed E-state index contributed by atoms with van der Waals surface area (Å²) < 4.78 is 13.4. The van der Waals surface area contributed by atoms with Crippen LogP contribution in [0, 0.1) is 5.92 Å². The first-order chi connectivity index (χ1) is 15.7. The van der Waals surface area contributed by atoms with Crippen molar-refractivity contribution in [2.24, 2.45) is 16.6 Å². The fourth-order valence-corrected chi connectivity index (χ4v) is 5.11. The number of amides is 1. The van der Waals surface area contributed by atoms with Crippen molar-refractivity contribution in [2.45, 2.75) is 44.6 Å². The number of benzene rings is 2. The van der Waals surface area contributed by atoms with Gasteiger partial charge in [0.05, 0.1) is 5.52 Å². The number of fused-ring (bicyclic) bond motifs is 3. The lowest BCUT2D eigenvalue weighted by molar-refractivity contribution is 0.0645. The molecule has 2 fully saturated rings. The molecule has 2 N–H and O–H groups in total. The van der Waals surface area contributed by atoms with E-state index in [4.69, 9.17) is 15.2 Å². The van der Waals surface area contributed by atoms with E-state index in [1.165, 1.54) is 16.3 Å². The maximum atomic E-state index is 12.9. The topological polar surface area (TPSA) is 78.8 Å². The Hall–Kier alpha value is -2.70. The molecule has 0 bridgehead atoms. The zero-order valence-corrected chi connectivity index (χ0v) is 18.5. The van der Waals surface area contributed by atoms with Crippen molar-refractivity contribution < 1.29 is 14.3 Å². The van der Waals surface area contributed by atoms with Gasteiger partial charge >= 0.3 is 0 Å². The molecule has 3 aromatic rings. The van der Waals surface area contributed by atoms with E-state index in [1.807, 2.05) is 12.1 Å². The minimum Gasteiger partial charge on any atom is -0.387 e. The van der Waals surface area contributed by atoms with Crippen molar-refractivity contribution in [1.82, 2.24) is 4.57 Å². The Balaban J connectivity index is 1.43. The number of ether oxygens (including phenoxy) is 2. The van der Waals surface area contributed by atoms with Crippen LogP contribution < -0.4 is 5.73 Å². The Morgan fingerprint density at radius 2 is 1.62 bits per heavy atom. The molecule has 3 heterocycles. The summed E-state index contributed by atoms with van der Waals surface area (Å²) in [6.45, 7) is 3.18. The molecule has 0 radical (unpaired) electrons. The zero-order valence-electron chi connectivity index (χ0n) is 18.5.